The lowest BCUT2D eigenvalue weighted by molar-refractivity contribution is -0.0498. The zero-order valence-corrected chi connectivity index (χ0v) is 15.6. The number of piperazine rings is 1. The van der Waals surface area contributed by atoms with Crippen molar-refractivity contribution in [2.75, 3.05) is 59.0 Å². The molecule has 26 heavy (non-hydrogen) atoms. The van der Waals surface area contributed by atoms with Crippen LogP contribution in [0.4, 0.5) is 4.79 Å². The van der Waals surface area contributed by atoms with E-state index in [9.17, 15) is 9.59 Å². The third-order valence-corrected chi connectivity index (χ3v) is 5.06. The van der Waals surface area contributed by atoms with Crippen molar-refractivity contribution in [3.8, 4) is 0 Å². The summed E-state index contributed by atoms with van der Waals surface area (Å²) in [6.07, 6.45) is 1.49. The van der Waals surface area contributed by atoms with Gasteiger partial charge < -0.3 is 24.3 Å². The van der Waals surface area contributed by atoms with Crippen molar-refractivity contribution in [1.29, 1.82) is 0 Å². The molecule has 0 spiro atoms. The normalized spacial score (nSPS) is 20.8. The van der Waals surface area contributed by atoms with E-state index in [0.717, 1.165) is 19.7 Å². The van der Waals surface area contributed by atoms with E-state index in [4.69, 9.17) is 9.15 Å². The van der Waals surface area contributed by atoms with Crippen LogP contribution in [-0.2, 0) is 4.74 Å². The SMILES string of the molecule is CC1(C)COCCN1CCNC(=O)N1CCN(C(=O)c2ccco2)CC1. The molecule has 1 aromatic rings. The first-order valence-corrected chi connectivity index (χ1v) is 9.16. The van der Waals surface area contributed by atoms with Crippen LogP contribution in [0.1, 0.15) is 24.4 Å². The molecule has 3 heterocycles. The van der Waals surface area contributed by atoms with Crippen LogP contribution in [0.3, 0.4) is 0 Å². The van der Waals surface area contributed by atoms with E-state index in [2.05, 4.69) is 24.1 Å². The van der Waals surface area contributed by atoms with Crippen molar-refractivity contribution < 1.29 is 18.7 Å². The fourth-order valence-electron chi connectivity index (χ4n) is 3.38. The number of hydrogen-bond donors (Lipinski definition) is 1. The van der Waals surface area contributed by atoms with E-state index in [-0.39, 0.29) is 17.5 Å². The Hall–Kier alpha value is -2.06. The number of nitrogens with one attached hydrogen (secondary N) is 1. The predicted octanol–water partition coefficient (Wildman–Crippen LogP) is 0.858. The number of carbonyl (C=O) groups excluding carboxylic acids is 2. The summed E-state index contributed by atoms with van der Waals surface area (Å²) in [7, 11) is 0. The zero-order chi connectivity index (χ0) is 18.6. The summed E-state index contributed by atoms with van der Waals surface area (Å²) < 4.78 is 10.7. The number of rotatable bonds is 4. The molecule has 8 heteroatoms. The number of ether oxygens (including phenoxy) is 1. The standard InChI is InChI=1S/C18H28N4O4/c1-18(2)14-25-13-11-22(18)6-5-19-17(24)21-9-7-20(8-10-21)16(23)15-4-3-12-26-15/h3-4,12H,5-11,13-14H2,1-2H3,(H,19,24). The van der Waals surface area contributed by atoms with Gasteiger partial charge in [-0.3, -0.25) is 9.69 Å². The number of nitrogens with zero attached hydrogens (tertiary/aromatic N) is 3. The zero-order valence-electron chi connectivity index (χ0n) is 15.6. The van der Waals surface area contributed by atoms with Gasteiger partial charge in [-0.1, -0.05) is 0 Å². The smallest absolute Gasteiger partial charge is 0.317 e. The van der Waals surface area contributed by atoms with Gasteiger partial charge in [-0.15, -0.1) is 0 Å². The van der Waals surface area contributed by atoms with Crippen LogP contribution in [0, 0.1) is 0 Å². The summed E-state index contributed by atoms with van der Waals surface area (Å²) in [4.78, 5) is 30.4. The van der Waals surface area contributed by atoms with Gasteiger partial charge in [0.2, 0.25) is 0 Å². The number of morpholine rings is 1. The lowest BCUT2D eigenvalue weighted by Crippen LogP contribution is -2.56. The maximum atomic E-state index is 12.4. The molecular formula is C18H28N4O4. The number of furan rings is 1. The van der Waals surface area contributed by atoms with Crippen molar-refractivity contribution >= 4 is 11.9 Å². The van der Waals surface area contributed by atoms with Crippen LogP contribution in [0.15, 0.2) is 22.8 Å². The molecule has 0 unspecified atom stereocenters. The van der Waals surface area contributed by atoms with Crippen molar-refractivity contribution in [1.82, 2.24) is 20.0 Å². The van der Waals surface area contributed by atoms with Crippen LogP contribution in [0.2, 0.25) is 0 Å². The van der Waals surface area contributed by atoms with Gasteiger partial charge in [-0.2, -0.15) is 0 Å². The minimum atomic E-state index is -0.121. The fraction of sp³-hybridized carbons (Fsp3) is 0.667. The molecule has 2 aliphatic heterocycles. The van der Waals surface area contributed by atoms with Crippen molar-refractivity contribution in [3.05, 3.63) is 24.2 Å². The van der Waals surface area contributed by atoms with Gasteiger partial charge in [0.05, 0.1) is 19.5 Å². The van der Waals surface area contributed by atoms with Crippen LogP contribution >= 0.6 is 0 Å². The lowest BCUT2D eigenvalue weighted by atomic mass is 10.0. The van der Waals surface area contributed by atoms with Gasteiger partial charge in [0.1, 0.15) is 0 Å². The first kappa shape index (κ1) is 18.7. The highest BCUT2D eigenvalue weighted by atomic mass is 16.5. The summed E-state index contributed by atoms with van der Waals surface area (Å²) in [5.74, 6) is 0.223. The highest BCUT2D eigenvalue weighted by Gasteiger charge is 2.30. The average molecular weight is 364 g/mol. The molecular weight excluding hydrogens is 336 g/mol. The van der Waals surface area contributed by atoms with Crippen molar-refractivity contribution in [2.24, 2.45) is 0 Å². The molecule has 0 atom stereocenters. The molecule has 0 aromatic carbocycles. The van der Waals surface area contributed by atoms with Crippen molar-refractivity contribution in [3.63, 3.8) is 0 Å². The number of urea groups is 1. The Bertz CT molecular complexity index is 609. The summed E-state index contributed by atoms with van der Waals surface area (Å²) in [6.45, 7) is 10.2. The highest BCUT2D eigenvalue weighted by molar-refractivity contribution is 5.91. The van der Waals surface area contributed by atoms with Crippen LogP contribution < -0.4 is 5.32 Å². The van der Waals surface area contributed by atoms with E-state index in [0.29, 0.717) is 45.1 Å². The topological polar surface area (TPSA) is 78.3 Å². The Morgan fingerprint density at radius 2 is 1.88 bits per heavy atom. The summed E-state index contributed by atoms with van der Waals surface area (Å²) in [5.41, 5.74) is 0.000810. The second-order valence-corrected chi connectivity index (χ2v) is 7.34. The molecule has 1 aromatic heterocycles. The maximum Gasteiger partial charge on any atom is 0.317 e. The molecule has 0 aliphatic carbocycles. The Labute approximate surface area is 154 Å². The van der Waals surface area contributed by atoms with Gasteiger partial charge in [0.25, 0.3) is 5.91 Å². The quantitative estimate of drug-likeness (QED) is 0.857. The van der Waals surface area contributed by atoms with E-state index >= 15 is 0 Å². The number of hydrogen-bond acceptors (Lipinski definition) is 5. The molecule has 0 bridgehead atoms. The van der Waals surface area contributed by atoms with E-state index < -0.39 is 0 Å². The van der Waals surface area contributed by atoms with E-state index in [1.165, 1.54) is 6.26 Å². The van der Waals surface area contributed by atoms with Gasteiger partial charge >= 0.3 is 6.03 Å². The number of amides is 3. The minimum Gasteiger partial charge on any atom is -0.459 e. The Morgan fingerprint density at radius 1 is 1.15 bits per heavy atom. The Kier molecular flexibility index (Phi) is 5.83. The molecule has 144 valence electrons. The molecule has 1 N–H and O–H groups in total. The summed E-state index contributed by atoms with van der Waals surface area (Å²) in [5, 5.41) is 2.99. The predicted molar refractivity (Wildman–Crippen MR) is 96.1 cm³/mol. The first-order valence-electron chi connectivity index (χ1n) is 9.16. The molecule has 3 rings (SSSR count). The maximum absolute atomic E-state index is 12.4. The molecule has 2 saturated heterocycles. The van der Waals surface area contributed by atoms with Gasteiger partial charge in [-0.05, 0) is 26.0 Å². The van der Waals surface area contributed by atoms with Crippen LogP contribution in [0.25, 0.3) is 0 Å². The summed E-state index contributed by atoms with van der Waals surface area (Å²) >= 11 is 0. The highest BCUT2D eigenvalue weighted by Crippen LogP contribution is 2.17. The Morgan fingerprint density at radius 3 is 2.54 bits per heavy atom. The fourth-order valence-corrected chi connectivity index (χ4v) is 3.38. The summed E-state index contributed by atoms with van der Waals surface area (Å²) in [6, 6.07) is 3.29. The van der Waals surface area contributed by atoms with Crippen molar-refractivity contribution in [2.45, 2.75) is 19.4 Å². The van der Waals surface area contributed by atoms with Crippen LogP contribution in [0.5, 0.6) is 0 Å². The first-order chi connectivity index (χ1) is 12.5. The lowest BCUT2D eigenvalue weighted by Gasteiger charge is -2.42. The van der Waals surface area contributed by atoms with Gasteiger partial charge in [0.15, 0.2) is 5.76 Å². The van der Waals surface area contributed by atoms with Gasteiger partial charge in [-0.25, -0.2) is 4.79 Å². The third kappa shape index (κ3) is 4.37. The second-order valence-electron chi connectivity index (χ2n) is 7.34. The third-order valence-electron chi connectivity index (χ3n) is 5.06. The second kappa shape index (κ2) is 8.09. The monoisotopic (exact) mass is 364 g/mol. The molecule has 2 fully saturated rings. The Balaban J connectivity index is 1.39. The molecule has 8 nitrogen and oxygen atoms in total. The largest absolute Gasteiger partial charge is 0.459 e. The minimum absolute atomic E-state index is 0.000810. The molecule has 0 radical (unpaired) electrons. The molecule has 0 saturated carbocycles. The average Bonchev–Trinajstić information content (AvgIpc) is 3.17. The molecule has 3 amide bonds. The van der Waals surface area contributed by atoms with Crippen LogP contribution in [-0.4, -0.2) is 91.2 Å². The van der Waals surface area contributed by atoms with E-state index in [1.54, 1.807) is 21.9 Å². The molecule has 2 aliphatic rings. The van der Waals surface area contributed by atoms with Gasteiger partial charge in [0, 0.05) is 51.4 Å². The number of carbonyl (C=O) groups is 2. The van der Waals surface area contributed by atoms with E-state index in [1.807, 2.05) is 0 Å².